The molecule has 7 nitrogen and oxygen atoms in total. The van der Waals surface area contributed by atoms with Gasteiger partial charge >= 0.3 is 5.97 Å². The molecule has 0 saturated carbocycles. The Morgan fingerprint density at radius 1 is 1.00 bits per heavy atom. The quantitative estimate of drug-likeness (QED) is 0.237. The van der Waals surface area contributed by atoms with E-state index in [2.05, 4.69) is 10.3 Å². The number of nitrogens with one attached hydrogen (secondary N) is 1. The number of hydrogen-bond donors (Lipinski definition) is 2. The molecular weight excluding hydrogens is 524 g/mol. The highest BCUT2D eigenvalue weighted by Gasteiger charge is 2.23. The van der Waals surface area contributed by atoms with Crippen molar-refractivity contribution in [2.75, 3.05) is 12.0 Å². The number of rotatable bonds is 11. The zero-order valence-electron chi connectivity index (χ0n) is 22.2. The van der Waals surface area contributed by atoms with E-state index in [1.165, 1.54) is 6.26 Å². The van der Waals surface area contributed by atoms with Gasteiger partial charge in [0.1, 0.15) is 17.5 Å². The average molecular weight is 555 g/mol. The van der Waals surface area contributed by atoms with E-state index < -0.39 is 28.7 Å². The van der Waals surface area contributed by atoms with Gasteiger partial charge in [0.05, 0.1) is 0 Å². The summed E-state index contributed by atoms with van der Waals surface area (Å²) in [6.07, 6.45) is 8.77. The number of para-hydroxylation sites is 1. The standard InChI is InChI=1S/C32H30N2O5S/c1-22-8-6-7-11-26(22)28-20-23(13-15-27(28)31(35)34-29(32(36)37)17-19-40(2)38)12-14-24-21-33-18-16-30(24)39-25-9-4-3-5-10-25/h3-16,18,20-21,29H,17,19H2,1-2H3,(H,34,35)(H,36,37)/b14-12+. The Bertz CT molecular complexity index is 1550. The van der Waals surface area contributed by atoms with Gasteiger partial charge in [0.25, 0.3) is 5.91 Å². The Labute approximate surface area is 236 Å². The van der Waals surface area contributed by atoms with Crippen LogP contribution in [0.3, 0.4) is 0 Å². The van der Waals surface area contributed by atoms with E-state index in [1.807, 2.05) is 79.7 Å². The summed E-state index contributed by atoms with van der Waals surface area (Å²) in [5.41, 5.74) is 4.47. The molecule has 0 radical (unpaired) electrons. The summed E-state index contributed by atoms with van der Waals surface area (Å²) >= 11 is 0. The van der Waals surface area contributed by atoms with Gasteiger partial charge in [-0.15, -0.1) is 0 Å². The van der Waals surface area contributed by atoms with Crippen molar-refractivity contribution in [2.45, 2.75) is 19.4 Å². The number of aryl methyl sites for hydroxylation is 1. The van der Waals surface area contributed by atoms with Gasteiger partial charge in [-0.2, -0.15) is 0 Å². The zero-order valence-corrected chi connectivity index (χ0v) is 23.1. The van der Waals surface area contributed by atoms with Gasteiger partial charge in [0, 0.05) is 46.3 Å². The molecule has 2 N–H and O–H groups in total. The van der Waals surface area contributed by atoms with Gasteiger partial charge in [-0.3, -0.25) is 14.0 Å². The third kappa shape index (κ3) is 7.51. The number of pyridine rings is 1. The summed E-state index contributed by atoms with van der Waals surface area (Å²) in [6.45, 7) is 1.96. The van der Waals surface area contributed by atoms with Gasteiger partial charge in [-0.05, 0) is 72.0 Å². The number of carbonyl (C=O) groups is 2. The van der Waals surface area contributed by atoms with Crippen molar-refractivity contribution in [1.29, 1.82) is 0 Å². The van der Waals surface area contributed by atoms with E-state index in [1.54, 1.807) is 30.6 Å². The van der Waals surface area contributed by atoms with Crippen molar-refractivity contribution in [3.05, 3.63) is 114 Å². The molecule has 2 unspecified atom stereocenters. The van der Waals surface area contributed by atoms with Crippen molar-refractivity contribution in [3.8, 4) is 22.6 Å². The largest absolute Gasteiger partial charge is 0.480 e. The zero-order chi connectivity index (χ0) is 28.5. The third-order valence-corrected chi connectivity index (χ3v) is 7.07. The van der Waals surface area contributed by atoms with E-state index in [0.717, 1.165) is 22.3 Å². The molecule has 2 atom stereocenters. The lowest BCUT2D eigenvalue weighted by Gasteiger charge is -2.17. The van der Waals surface area contributed by atoms with E-state index in [9.17, 15) is 18.9 Å². The molecule has 0 saturated heterocycles. The van der Waals surface area contributed by atoms with Crippen LogP contribution in [0.15, 0.2) is 91.3 Å². The Morgan fingerprint density at radius 2 is 1.75 bits per heavy atom. The summed E-state index contributed by atoms with van der Waals surface area (Å²) in [6, 6.07) is 23.2. The number of amides is 1. The predicted octanol–water partition coefficient (Wildman–Crippen LogP) is 5.97. The third-order valence-electron chi connectivity index (χ3n) is 6.26. The molecule has 0 spiro atoms. The summed E-state index contributed by atoms with van der Waals surface area (Å²) in [5.74, 6) is -0.129. The maximum absolute atomic E-state index is 13.3. The number of carbonyl (C=O) groups excluding carboxylic acids is 1. The first-order chi connectivity index (χ1) is 19.3. The molecule has 1 heterocycles. The van der Waals surface area contributed by atoms with Crippen LogP contribution in [0.4, 0.5) is 0 Å². The van der Waals surface area contributed by atoms with Crippen LogP contribution in [0.2, 0.25) is 0 Å². The monoisotopic (exact) mass is 554 g/mol. The number of carboxylic acid groups (broad SMARTS) is 1. The molecule has 1 amide bonds. The molecule has 0 aliphatic heterocycles. The molecule has 40 heavy (non-hydrogen) atoms. The summed E-state index contributed by atoms with van der Waals surface area (Å²) in [4.78, 5) is 29.3. The molecule has 0 aliphatic carbocycles. The molecule has 3 aromatic carbocycles. The van der Waals surface area contributed by atoms with Crippen molar-refractivity contribution in [1.82, 2.24) is 10.3 Å². The summed E-state index contributed by atoms with van der Waals surface area (Å²) < 4.78 is 17.5. The minimum absolute atomic E-state index is 0.0726. The summed E-state index contributed by atoms with van der Waals surface area (Å²) in [5, 5.41) is 12.2. The van der Waals surface area contributed by atoms with E-state index in [4.69, 9.17) is 4.74 Å². The number of benzene rings is 3. The molecule has 0 bridgehead atoms. The van der Waals surface area contributed by atoms with Crippen LogP contribution in [-0.2, 0) is 15.6 Å². The van der Waals surface area contributed by atoms with Crippen LogP contribution in [0, 0.1) is 6.92 Å². The second-order valence-electron chi connectivity index (χ2n) is 9.21. The second-order valence-corrected chi connectivity index (χ2v) is 10.8. The molecule has 1 aromatic heterocycles. The average Bonchev–Trinajstić information content (AvgIpc) is 2.95. The lowest BCUT2D eigenvalue weighted by molar-refractivity contribution is -0.139. The molecule has 0 fully saturated rings. The topological polar surface area (TPSA) is 106 Å². The second kappa shape index (κ2) is 13.5. The van der Waals surface area contributed by atoms with E-state index in [0.29, 0.717) is 22.6 Å². The Morgan fingerprint density at radius 3 is 2.48 bits per heavy atom. The van der Waals surface area contributed by atoms with Crippen LogP contribution < -0.4 is 10.1 Å². The number of carboxylic acids is 1. The molecular formula is C32H30N2O5S. The van der Waals surface area contributed by atoms with Crippen molar-refractivity contribution in [2.24, 2.45) is 0 Å². The highest BCUT2D eigenvalue weighted by Crippen LogP contribution is 2.30. The van der Waals surface area contributed by atoms with Crippen LogP contribution >= 0.6 is 0 Å². The minimum atomic E-state index is -1.17. The lowest BCUT2D eigenvalue weighted by Crippen LogP contribution is -2.41. The van der Waals surface area contributed by atoms with Crippen LogP contribution in [-0.4, -0.2) is 44.2 Å². The van der Waals surface area contributed by atoms with Gasteiger partial charge in [-0.25, -0.2) is 4.79 Å². The number of aromatic nitrogens is 1. The Kier molecular flexibility index (Phi) is 9.59. The fourth-order valence-electron chi connectivity index (χ4n) is 4.15. The number of ether oxygens (including phenoxy) is 1. The number of hydrogen-bond acceptors (Lipinski definition) is 5. The minimum Gasteiger partial charge on any atom is -0.480 e. The lowest BCUT2D eigenvalue weighted by atomic mass is 9.93. The summed E-state index contributed by atoms with van der Waals surface area (Å²) in [7, 11) is -1.17. The Hall–Kier alpha value is -4.56. The fraction of sp³-hybridized carbons (Fsp3) is 0.156. The highest BCUT2D eigenvalue weighted by molar-refractivity contribution is 7.84. The molecule has 8 heteroatoms. The molecule has 4 aromatic rings. The first kappa shape index (κ1) is 28.4. The maximum atomic E-state index is 13.3. The van der Waals surface area contributed by atoms with Crippen molar-refractivity contribution < 1.29 is 23.6 Å². The molecule has 204 valence electrons. The van der Waals surface area contributed by atoms with Gasteiger partial charge in [0.2, 0.25) is 0 Å². The van der Waals surface area contributed by atoms with Crippen LogP contribution in [0.5, 0.6) is 11.5 Å². The number of aliphatic carboxylic acids is 1. The molecule has 0 aliphatic rings. The first-order valence-electron chi connectivity index (χ1n) is 12.7. The fourth-order valence-corrected chi connectivity index (χ4v) is 4.72. The van der Waals surface area contributed by atoms with Gasteiger partial charge in [-0.1, -0.05) is 54.6 Å². The van der Waals surface area contributed by atoms with Crippen molar-refractivity contribution in [3.63, 3.8) is 0 Å². The maximum Gasteiger partial charge on any atom is 0.326 e. The Balaban J connectivity index is 1.66. The number of nitrogens with zero attached hydrogens (tertiary/aromatic N) is 1. The van der Waals surface area contributed by atoms with Crippen LogP contribution in [0.1, 0.15) is 33.5 Å². The normalized spacial score (nSPS) is 12.6. The van der Waals surface area contributed by atoms with E-state index >= 15 is 0 Å². The van der Waals surface area contributed by atoms with Crippen molar-refractivity contribution >= 4 is 34.8 Å². The first-order valence-corrected chi connectivity index (χ1v) is 14.4. The SMILES string of the molecule is Cc1ccccc1-c1cc(/C=C/c2cnccc2Oc2ccccc2)ccc1C(=O)NC(CCS(C)=O)C(=O)O. The molecule has 4 rings (SSSR count). The van der Waals surface area contributed by atoms with Crippen LogP contribution in [0.25, 0.3) is 23.3 Å². The predicted molar refractivity (Wildman–Crippen MR) is 159 cm³/mol. The smallest absolute Gasteiger partial charge is 0.326 e. The van der Waals surface area contributed by atoms with Gasteiger partial charge in [0.15, 0.2) is 0 Å². The van der Waals surface area contributed by atoms with Gasteiger partial charge < -0.3 is 15.2 Å². The highest BCUT2D eigenvalue weighted by atomic mass is 32.2. The van der Waals surface area contributed by atoms with E-state index in [-0.39, 0.29) is 12.2 Å².